The summed E-state index contributed by atoms with van der Waals surface area (Å²) in [6.07, 6.45) is 0. The lowest BCUT2D eigenvalue weighted by Gasteiger charge is -2.00. The Hall–Kier alpha value is -2.36. The van der Waals surface area contributed by atoms with E-state index in [1.165, 1.54) is 18.2 Å². The number of fused-ring (bicyclic) bond motifs is 1. The molecule has 1 aromatic heterocycles. The number of oxazole rings is 1. The molecule has 0 unspecified atom stereocenters. The number of para-hydroxylation sites is 1. The SMILES string of the molecule is Cc1cccc2oc(-c3cc(F)ccc3N)nc12. The number of rotatable bonds is 1. The number of anilines is 1. The van der Waals surface area contributed by atoms with Gasteiger partial charge in [0, 0.05) is 5.69 Å². The van der Waals surface area contributed by atoms with Crippen LogP contribution in [0.3, 0.4) is 0 Å². The van der Waals surface area contributed by atoms with E-state index in [0.717, 1.165) is 11.1 Å². The Bertz CT molecular complexity index is 734. The maximum Gasteiger partial charge on any atom is 0.229 e. The van der Waals surface area contributed by atoms with Gasteiger partial charge in [-0.2, -0.15) is 0 Å². The van der Waals surface area contributed by atoms with Gasteiger partial charge in [0.25, 0.3) is 0 Å². The van der Waals surface area contributed by atoms with Crippen LogP contribution in [-0.2, 0) is 0 Å². The zero-order valence-electron chi connectivity index (χ0n) is 9.77. The van der Waals surface area contributed by atoms with Crippen molar-refractivity contribution in [3.8, 4) is 11.5 Å². The first-order chi connectivity index (χ1) is 8.65. The number of hydrogen-bond acceptors (Lipinski definition) is 3. The Labute approximate surface area is 103 Å². The molecule has 0 radical (unpaired) electrons. The van der Waals surface area contributed by atoms with E-state index in [-0.39, 0.29) is 5.82 Å². The van der Waals surface area contributed by atoms with Gasteiger partial charge in [-0.3, -0.25) is 0 Å². The van der Waals surface area contributed by atoms with Crippen LogP contribution in [0.2, 0.25) is 0 Å². The molecule has 3 nitrogen and oxygen atoms in total. The molecule has 2 aromatic carbocycles. The standard InChI is InChI=1S/C14H11FN2O/c1-8-3-2-4-12-13(8)17-14(18-12)10-7-9(15)5-6-11(10)16/h2-7H,16H2,1H3. The molecule has 0 spiro atoms. The molecule has 0 aliphatic heterocycles. The number of benzene rings is 2. The molecule has 0 bridgehead atoms. The lowest BCUT2D eigenvalue weighted by molar-refractivity contribution is 0.611. The summed E-state index contributed by atoms with van der Waals surface area (Å²) in [6, 6.07) is 9.81. The minimum absolute atomic E-state index is 0.344. The average Bonchev–Trinajstić information content (AvgIpc) is 2.77. The van der Waals surface area contributed by atoms with Crippen LogP contribution < -0.4 is 5.73 Å². The van der Waals surface area contributed by atoms with Gasteiger partial charge in [0.1, 0.15) is 11.3 Å². The second-order valence-electron chi connectivity index (χ2n) is 4.17. The Balaban J connectivity index is 2.26. The van der Waals surface area contributed by atoms with Crippen molar-refractivity contribution in [3.63, 3.8) is 0 Å². The van der Waals surface area contributed by atoms with Crippen molar-refractivity contribution in [1.29, 1.82) is 0 Å². The van der Waals surface area contributed by atoms with E-state index in [4.69, 9.17) is 10.2 Å². The highest BCUT2D eigenvalue weighted by Crippen LogP contribution is 2.30. The lowest BCUT2D eigenvalue weighted by Crippen LogP contribution is -1.91. The third-order valence-electron chi connectivity index (χ3n) is 2.87. The van der Waals surface area contributed by atoms with Crippen molar-refractivity contribution in [3.05, 3.63) is 47.8 Å². The normalized spacial score (nSPS) is 11.0. The average molecular weight is 242 g/mol. The molecular formula is C14H11FN2O. The summed E-state index contributed by atoms with van der Waals surface area (Å²) >= 11 is 0. The molecule has 0 fully saturated rings. The number of nitrogens with zero attached hydrogens (tertiary/aromatic N) is 1. The summed E-state index contributed by atoms with van der Waals surface area (Å²) in [6.45, 7) is 1.95. The lowest BCUT2D eigenvalue weighted by atomic mass is 10.2. The molecule has 0 atom stereocenters. The number of nitrogens with two attached hydrogens (primary N) is 1. The molecule has 3 rings (SSSR count). The maximum absolute atomic E-state index is 13.2. The fourth-order valence-electron chi connectivity index (χ4n) is 1.92. The van der Waals surface area contributed by atoms with Gasteiger partial charge in [-0.1, -0.05) is 12.1 Å². The van der Waals surface area contributed by atoms with Gasteiger partial charge in [0.05, 0.1) is 5.56 Å². The number of halogens is 1. The van der Waals surface area contributed by atoms with Crippen LogP contribution in [0.1, 0.15) is 5.56 Å². The Morgan fingerprint density at radius 2 is 2.06 bits per heavy atom. The van der Waals surface area contributed by atoms with Gasteiger partial charge in [0.15, 0.2) is 5.58 Å². The molecule has 0 aliphatic carbocycles. The highest BCUT2D eigenvalue weighted by molar-refractivity contribution is 5.81. The monoisotopic (exact) mass is 242 g/mol. The smallest absolute Gasteiger partial charge is 0.229 e. The molecule has 4 heteroatoms. The number of aryl methyl sites for hydroxylation is 1. The molecule has 1 heterocycles. The van der Waals surface area contributed by atoms with E-state index in [1.807, 2.05) is 25.1 Å². The first-order valence-electron chi connectivity index (χ1n) is 5.57. The maximum atomic E-state index is 13.2. The number of hydrogen-bond donors (Lipinski definition) is 1. The van der Waals surface area contributed by atoms with E-state index in [9.17, 15) is 4.39 Å². The van der Waals surface area contributed by atoms with Gasteiger partial charge in [-0.15, -0.1) is 0 Å². The molecule has 0 saturated heterocycles. The second kappa shape index (κ2) is 3.84. The van der Waals surface area contributed by atoms with Gasteiger partial charge in [-0.05, 0) is 36.8 Å². The highest BCUT2D eigenvalue weighted by Gasteiger charge is 2.12. The zero-order chi connectivity index (χ0) is 12.7. The fraction of sp³-hybridized carbons (Fsp3) is 0.0714. The van der Waals surface area contributed by atoms with Crippen LogP contribution >= 0.6 is 0 Å². The third-order valence-corrected chi connectivity index (χ3v) is 2.87. The summed E-state index contributed by atoms with van der Waals surface area (Å²) < 4.78 is 18.9. The van der Waals surface area contributed by atoms with Crippen LogP contribution in [0, 0.1) is 12.7 Å². The van der Waals surface area contributed by atoms with Gasteiger partial charge in [0.2, 0.25) is 5.89 Å². The van der Waals surface area contributed by atoms with Crippen LogP contribution in [0.25, 0.3) is 22.6 Å². The minimum atomic E-state index is -0.363. The molecular weight excluding hydrogens is 231 g/mol. The van der Waals surface area contributed by atoms with Crippen molar-refractivity contribution >= 4 is 16.8 Å². The minimum Gasteiger partial charge on any atom is -0.436 e. The summed E-state index contributed by atoms with van der Waals surface area (Å²) in [4.78, 5) is 4.37. The van der Waals surface area contributed by atoms with E-state index < -0.39 is 0 Å². The predicted octanol–water partition coefficient (Wildman–Crippen LogP) is 3.52. The molecule has 2 N–H and O–H groups in total. The quantitative estimate of drug-likeness (QED) is 0.664. The van der Waals surface area contributed by atoms with Crippen LogP contribution in [0.15, 0.2) is 40.8 Å². The van der Waals surface area contributed by atoms with E-state index in [0.29, 0.717) is 22.7 Å². The summed E-state index contributed by atoms with van der Waals surface area (Å²) in [5, 5.41) is 0. The first-order valence-corrected chi connectivity index (χ1v) is 5.57. The molecule has 0 amide bonds. The highest BCUT2D eigenvalue weighted by atomic mass is 19.1. The molecule has 0 aliphatic rings. The van der Waals surface area contributed by atoms with Crippen LogP contribution in [0.4, 0.5) is 10.1 Å². The molecule has 90 valence electrons. The van der Waals surface area contributed by atoms with Crippen molar-refractivity contribution in [2.24, 2.45) is 0 Å². The van der Waals surface area contributed by atoms with Crippen molar-refractivity contribution < 1.29 is 8.81 Å². The molecule has 18 heavy (non-hydrogen) atoms. The Morgan fingerprint density at radius 3 is 2.83 bits per heavy atom. The first kappa shape index (κ1) is 10.8. The van der Waals surface area contributed by atoms with E-state index in [1.54, 1.807) is 0 Å². The third kappa shape index (κ3) is 1.62. The largest absolute Gasteiger partial charge is 0.436 e. The summed E-state index contributed by atoms with van der Waals surface area (Å²) in [7, 11) is 0. The van der Waals surface area contributed by atoms with Gasteiger partial charge in [-0.25, -0.2) is 9.37 Å². The van der Waals surface area contributed by atoms with Crippen molar-refractivity contribution in [2.45, 2.75) is 6.92 Å². The van der Waals surface area contributed by atoms with Gasteiger partial charge >= 0.3 is 0 Å². The zero-order valence-corrected chi connectivity index (χ0v) is 9.77. The van der Waals surface area contributed by atoms with E-state index in [2.05, 4.69) is 4.98 Å². The van der Waals surface area contributed by atoms with Crippen molar-refractivity contribution in [1.82, 2.24) is 4.98 Å². The summed E-state index contributed by atoms with van der Waals surface area (Å²) in [5.74, 6) is -0.0190. The number of aromatic nitrogens is 1. The molecule has 0 saturated carbocycles. The fourth-order valence-corrected chi connectivity index (χ4v) is 1.92. The number of nitrogen functional groups attached to an aromatic ring is 1. The van der Waals surface area contributed by atoms with Crippen LogP contribution in [-0.4, -0.2) is 4.98 Å². The Morgan fingerprint density at radius 1 is 1.22 bits per heavy atom. The summed E-state index contributed by atoms with van der Waals surface area (Å²) in [5.41, 5.74) is 9.20. The Kier molecular flexibility index (Phi) is 2.30. The second-order valence-corrected chi connectivity index (χ2v) is 4.17. The predicted molar refractivity (Wildman–Crippen MR) is 68.6 cm³/mol. The van der Waals surface area contributed by atoms with E-state index >= 15 is 0 Å². The van der Waals surface area contributed by atoms with Crippen LogP contribution in [0.5, 0.6) is 0 Å². The topological polar surface area (TPSA) is 52.0 Å². The molecule has 3 aromatic rings. The van der Waals surface area contributed by atoms with Crippen molar-refractivity contribution in [2.75, 3.05) is 5.73 Å². The van der Waals surface area contributed by atoms with Gasteiger partial charge < -0.3 is 10.2 Å².